The summed E-state index contributed by atoms with van der Waals surface area (Å²) in [6.07, 6.45) is 0.895. The third-order valence-corrected chi connectivity index (χ3v) is 6.43. The summed E-state index contributed by atoms with van der Waals surface area (Å²) in [5.74, 6) is 0.775. The molecule has 0 saturated carbocycles. The smallest absolute Gasteiger partial charge is 0.246 e. The summed E-state index contributed by atoms with van der Waals surface area (Å²) in [5.41, 5.74) is 0. The highest BCUT2D eigenvalue weighted by Crippen LogP contribution is 2.29. The van der Waals surface area contributed by atoms with Gasteiger partial charge in [0, 0.05) is 19.0 Å². The fourth-order valence-electron chi connectivity index (χ4n) is 3.05. The van der Waals surface area contributed by atoms with Crippen LogP contribution in [0.1, 0.15) is 24.6 Å². The lowest BCUT2D eigenvalue weighted by Gasteiger charge is -2.30. The molecule has 27 heavy (non-hydrogen) atoms. The van der Waals surface area contributed by atoms with Crippen molar-refractivity contribution < 1.29 is 22.5 Å². The van der Waals surface area contributed by atoms with Crippen molar-refractivity contribution in [1.29, 1.82) is 0 Å². The minimum atomic E-state index is -3.66. The van der Waals surface area contributed by atoms with E-state index in [0.717, 1.165) is 0 Å². The second-order valence-electron chi connectivity index (χ2n) is 6.28. The van der Waals surface area contributed by atoms with Crippen molar-refractivity contribution in [3.8, 4) is 5.75 Å². The van der Waals surface area contributed by atoms with Gasteiger partial charge in [-0.15, -0.1) is 0 Å². The van der Waals surface area contributed by atoms with Gasteiger partial charge in [0.05, 0.1) is 13.7 Å². The SMILES string of the molecule is COc1ccccc1S(=O)(=O)N1CCC(C(=O)NCc2nc(C)no2)CC1. The molecule has 1 aliphatic heterocycles. The number of carbonyl (C=O) groups excluding carboxylic acids is 1. The Morgan fingerprint density at radius 2 is 2.04 bits per heavy atom. The van der Waals surface area contributed by atoms with Crippen LogP contribution in [-0.2, 0) is 21.4 Å². The molecule has 10 heteroatoms. The minimum absolute atomic E-state index is 0.139. The van der Waals surface area contributed by atoms with E-state index in [4.69, 9.17) is 9.26 Å². The van der Waals surface area contributed by atoms with Crippen LogP contribution in [0.4, 0.5) is 0 Å². The fraction of sp³-hybridized carbons (Fsp3) is 0.471. The Balaban J connectivity index is 1.58. The highest BCUT2D eigenvalue weighted by molar-refractivity contribution is 7.89. The Kier molecular flexibility index (Phi) is 5.76. The normalized spacial score (nSPS) is 16.2. The van der Waals surface area contributed by atoms with Crippen LogP contribution >= 0.6 is 0 Å². The third kappa shape index (κ3) is 4.28. The van der Waals surface area contributed by atoms with Gasteiger partial charge < -0.3 is 14.6 Å². The molecule has 1 N–H and O–H groups in total. The summed E-state index contributed by atoms with van der Waals surface area (Å²) in [6, 6.07) is 6.53. The van der Waals surface area contributed by atoms with E-state index in [-0.39, 0.29) is 36.4 Å². The number of para-hydroxylation sites is 1. The Morgan fingerprint density at radius 1 is 1.33 bits per heavy atom. The lowest BCUT2D eigenvalue weighted by molar-refractivity contribution is -0.126. The molecule has 1 amide bonds. The monoisotopic (exact) mass is 394 g/mol. The van der Waals surface area contributed by atoms with Crippen molar-refractivity contribution >= 4 is 15.9 Å². The molecule has 9 nitrogen and oxygen atoms in total. The van der Waals surface area contributed by atoms with Gasteiger partial charge in [-0.25, -0.2) is 8.42 Å². The average Bonchev–Trinajstić information content (AvgIpc) is 3.11. The number of nitrogens with one attached hydrogen (secondary N) is 1. The topological polar surface area (TPSA) is 115 Å². The van der Waals surface area contributed by atoms with E-state index in [1.807, 2.05) is 0 Å². The van der Waals surface area contributed by atoms with Gasteiger partial charge >= 0.3 is 0 Å². The van der Waals surface area contributed by atoms with E-state index >= 15 is 0 Å². The second kappa shape index (κ2) is 8.05. The average molecular weight is 394 g/mol. The number of sulfonamides is 1. The van der Waals surface area contributed by atoms with Gasteiger partial charge in [-0.1, -0.05) is 17.3 Å². The Hall–Kier alpha value is -2.46. The maximum Gasteiger partial charge on any atom is 0.246 e. The molecule has 2 aromatic rings. The molecule has 146 valence electrons. The zero-order valence-electron chi connectivity index (χ0n) is 15.2. The van der Waals surface area contributed by atoms with Crippen molar-refractivity contribution in [3.05, 3.63) is 36.0 Å². The number of benzene rings is 1. The third-order valence-electron chi connectivity index (χ3n) is 4.50. The van der Waals surface area contributed by atoms with Crippen LogP contribution < -0.4 is 10.1 Å². The van der Waals surface area contributed by atoms with E-state index in [2.05, 4.69) is 15.5 Å². The number of hydrogen-bond donors (Lipinski definition) is 1. The number of hydrogen-bond acceptors (Lipinski definition) is 7. The molecule has 0 unspecified atom stereocenters. The molecule has 0 spiro atoms. The molecule has 1 saturated heterocycles. The van der Waals surface area contributed by atoms with Crippen molar-refractivity contribution in [2.45, 2.75) is 31.2 Å². The maximum absolute atomic E-state index is 12.9. The first-order chi connectivity index (χ1) is 12.9. The van der Waals surface area contributed by atoms with E-state index in [9.17, 15) is 13.2 Å². The first kappa shape index (κ1) is 19.3. The molecular formula is C17H22N4O5S. The summed E-state index contributed by atoms with van der Waals surface area (Å²) in [6.45, 7) is 2.42. The lowest BCUT2D eigenvalue weighted by Crippen LogP contribution is -2.42. The number of nitrogens with zero attached hydrogens (tertiary/aromatic N) is 3. The van der Waals surface area contributed by atoms with Crippen LogP contribution in [0.3, 0.4) is 0 Å². The Labute approximate surface area is 157 Å². The fourth-order valence-corrected chi connectivity index (χ4v) is 4.67. The standard InChI is InChI=1S/C17H22N4O5S/c1-12-19-16(26-20-12)11-18-17(22)13-7-9-21(10-8-13)27(23,24)15-6-4-3-5-14(15)25-2/h3-6,13H,7-11H2,1-2H3,(H,18,22). The zero-order chi connectivity index (χ0) is 19.4. The van der Waals surface area contributed by atoms with Gasteiger partial charge in [0.15, 0.2) is 5.82 Å². The molecule has 0 bridgehead atoms. The molecule has 1 fully saturated rings. The van der Waals surface area contributed by atoms with Crippen LogP contribution in [0.25, 0.3) is 0 Å². The Bertz CT molecular complexity index is 904. The molecule has 2 heterocycles. The first-order valence-corrected chi connectivity index (χ1v) is 10.1. The highest BCUT2D eigenvalue weighted by atomic mass is 32.2. The molecule has 0 atom stereocenters. The van der Waals surface area contributed by atoms with Crippen LogP contribution in [0.15, 0.2) is 33.7 Å². The van der Waals surface area contributed by atoms with Gasteiger partial charge in [-0.2, -0.15) is 9.29 Å². The number of amides is 1. The largest absolute Gasteiger partial charge is 0.495 e. The van der Waals surface area contributed by atoms with E-state index in [1.54, 1.807) is 25.1 Å². The summed E-state index contributed by atoms with van der Waals surface area (Å²) >= 11 is 0. The Morgan fingerprint density at radius 3 is 2.67 bits per heavy atom. The number of rotatable bonds is 6. The van der Waals surface area contributed by atoms with Crippen molar-refractivity contribution in [3.63, 3.8) is 0 Å². The van der Waals surface area contributed by atoms with Crippen molar-refractivity contribution in [2.24, 2.45) is 5.92 Å². The van der Waals surface area contributed by atoms with Crippen LogP contribution in [-0.4, -0.2) is 49.0 Å². The second-order valence-corrected chi connectivity index (χ2v) is 8.19. The van der Waals surface area contributed by atoms with E-state index in [1.165, 1.54) is 17.5 Å². The van der Waals surface area contributed by atoms with Gasteiger partial charge in [-0.05, 0) is 31.9 Å². The quantitative estimate of drug-likeness (QED) is 0.780. The van der Waals surface area contributed by atoms with Crippen LogP contribution in [0.2, 0.25) is 0 Å². The highest BCUT2D eigenvalue weighted by Gasteiger charge is 2.33. The maximum atomic E-state index is 12.9. The first-order valence-electron chi connectivity index (χ1n) is 8.62. The molecule has 0 radical (unpaired) electrons. The van der Waals surface area contributed by atoms with Gasteiger partial charge in [0.25, 0.3) is 0 Å². The predicted molar refractivity (Wildman–Crippen MR) is 95.4 cm³/mol. The number of piperidine rings is 1. The minimum Gasteiger partial charge on any atom is -0.495 e. The lowest BCUT2D eigenvalue weighted by atomic mass is 9.97. The summed E-state index contributed by atoms with van der Waals surface area (Å²) < 4.78 is 37.3. The number of methoxy groups -OCH3 is 1. The molecular weight excluding hydrogens is 372 g/mol. The summed E-state index contributed by atoms with van der Waals surface area (Å²) in [4.78, 5) is 16.5. The summed E-state index contributed by atoms with van der Waals surface area (Å²) in [7, 11) is -2.22. The number of ether oxygens (including phenoxy) is 1. The van der Waals surface area contributed by atoms with Gasteiger partial charge in [-0.3, -0.25) is 4.79 Å². The van der Waals surface area contributed by atoms with Crippen LogP contribution in [0, 0.1) is 12.8 Å². The number of aromatic nitrogens is 2. The van der Waals surface area contributed by atoms with E-state index in [0.29, 0.717) is 30.3 Å². The van der Waals surface area contributed by atoms with Crippen molar-refractivity contribution in [2.75, 3.05) is 20.2 Å². The number of aryl methyl sites for hydroxylation is 1. The molecule has 1 aliphatic rings. The molecule has 1 aromatic carbocycles. The zero-order valence-corrected chi connectivity index (χ0v) is 16.0. The van der Waals surface area contributed by atoms with Gasteiger partial charge in [0.1, 0.15) is 10.6 Å². The predicted octanol–water partition coefficient (Wildman–Crippen LogP) is 1.10. The van der Waals surface area contributed by atoms with Gasteiger partial charge in [0.2, 0.25) is 21.8 Å². The van der Waals surface area contributed by atoms with Crippen LogP contribution in [0.5, 0.6) is 5.75 Å². The molecule has 3 rings (SSSR count). The molecule has 0 aliphatic carbocycles. The summed E-state index contributed by atoms with van der Waals surface area (Å²) in [5, 5.41) is 6.43. The number of carbonyl (C=O) groups is 1. The van der Waals surface area contributed by atoms with Crippen molar-refractivity contribution in [1.82, 2.24) is 19.8 Å². The van der Waals surface area contributed by atoms with E-state index < -0.39 is 10.0 Å². The molecule has 1 aromatic heterocycles.